The van der Waals surface area contributed by atoms with Gasteiger partial charge in [0.15, 0.2) is 0 Å². The van der Waals surface area contributed by atoms with Gasteiger partial charge in [-0.25, -0.2) is 4.39 Å². The van der Waals surface area contributed by atoms with E-state index in [9.17, 15) is 24.2 Å². The van der Waals surface area contributed by atoms with Gasteiger partial charge in [0.25, 0.3) is 5.91 Å². The molecule has 140 valence electrons. The molecule has 0 aliphatic rings. The van der Waals surface area contributed by atoms with Crippen LogP contribution >= 0.6 is 15.9 Å². The van der Waals surface area contributed by atoms with Crippen molar-refractivity contribution in [3.05, 3.63) is 69.1 Å². The molecule has 0 radical (unpaired) electrons. The predicted molar refractivity (Wildman–Crippen MR) is 102 cm³/mol. The number of benzene rings is 2. The van der Waals surface area contributed by atoms with Crippen molar-refractivity contribution in [2.75, 3.05) is 0 Å². The molecule has 0 aliphatic carbocycles. The number of aromatic nitrogens is 1. The van der Waals surface area contributed by atoms with Crippen molar-refractivity contribution in [2.45, 2.75) is 26.4 Å². The molecule has 1 aromatic heterocycles. The normalized spacial score (nSPS) is 12.3. The fourth-order valence-corrected chi connectivity index (χ4v) is 3.46. The van der Waals surface area contributed by atoms with Crippen LogP contribution in [0.3, 0.4) is 0 Å². The first kappa shape index (κ1) is 19.3. The summed E-state index contributed by atoms with van der Waals surface area (Å²) in [5, 5.41) is 19.5. The summed E-state index contributed by atoms with van der Waals surface area (Å²) >= 11 is 3.31. The smallest absolute Gasteiger partial charge is 0.307 e. The van der Waals surface area contributed by atoms with E-state index in [0.717, 1.165) is 4.47 Å². The Bertz CT molecular complexity index is 1050. The van der Waals surface area contributed by atoms with E-state index >= 15 is 0 Å². The lowest BCUT2D eigenvalue weighted by Crippen LogP contribution is -2.14. The largest absolute Gasteiger partial charge is 0.481 e. The van der Waals surface area contributed by atoms with Crippen LogP contribution in [-0.2, 0) is 11.2 Å². The molecule has 3 aromatic rings. The Labute approximate surface area is 163 Å². The highest BCUT2D eigenvalue weighted by Gasteiger charge is 2.23. The summed E-state index contributed by atoms with van der Waals surface area (Å²) in [6.07, 6.45) is -1.37. The minimum absolute atomic E-state index is 0.0578. The number of nitrogens with zero attached hydrogens (tertiary/aromatic N) is 1. The summed E-state index contributed by atoms with van der Waals surface area (Å²) in [5.41, 5.74) is 1.58. The van der Waals surface area contributed by atoms with Gasteiger partial charge in [0.2, 0.25) is 0 Å². The van der Waals surface area contributed by atoms with Gasteiger partial charge in [-0.3, -0.25) is 14.2 Å². The number of carboxylic acids is 1. The summed E-state index contributed by atoms with van der Waals surface area (Å²) in [4.78, 5) is 24.4. The van der Waals surface area contributed by atoms with E-state index in [0.29, 0.717) is 22.2 Å². The summed E-state index contributed by atoms with van der Waals surface area (Å²) in [5.74, 6) is -2.09. The fraction of sp³-hybridized carbons (Fsp3) is 0.200. The Morgan fingerprint density at radius 1 is 1.22 bits per heavy atom. The van der Waals surface area contributed by atoms with Crippen LogP contribution in [0.25, 0.3) is 10.9 Å². The molecule has 27 heavy (non-hydrogen) atoms. The number of halogens is 2. The van der Waals surface area contributed by atoms with Crippen LogP contribution in [0.2, 0.25) is 0 Å². The lowest BCUT2D eigenvalue weighted by molar-refractivity contribution is -0.136. The Morgan fingerprint density at radius 3 is 2.41 bits per heavy atom. The van der Waals surface area contributed by atoms with Crippen molar-refractivity contribution in [1.82, 2.24) is 4.57 Å². The summed E-state index contributed by atoms with van der Waals surface area (Å²) in [6.45, 7) is 3.06. The Kier molecular flexibility index (Phi) is 5.17. The monoisotopic (exact) mass is 433 g/mol. The summed E-state index contributed by atoms with van der Waals surface area (Å²) in [7, 11) is 0. The minimum atomic E-state index is -1.06. The predicted octanol–water partition coefficient (Wildman–Crippen LogP) is 4.22. The minimum Gasteiger partial charge on any atom is -0.481 e. The number of carbonyl (C=O) groups is 2. The fourth-order valence-electron chi connectivity index (χ4n) is 3.19. The molecular formula is C20H17BrFNO4. The van der Waals surface area contributed by atoms with E-state index in [1.54, 1.807) is 31.2 Å². The molecule has 5 nitrogen and oxygen atoms in total. The number of hydrogen-bond donors (Lipinski definition) is 2. The molecule has 1 atom stereocenters. The second-order valence-corrected chi connectivity index (χ2v) is 7.26. The average molecular weight is 434 g/mol. The van der Waals surface area contributed by atoms with Crippen LogP contribution in [0, 0.1) is 12.7 Å². The molecule has 7 heteroatoms. The van der Waals surface area contributed by atoms with Gasteiger partial charge >= 0.3 is 5.97 Å². The van der Waals surface area contributed by atoms with Gasteiger partial charge in [-0.1, -0.05) is 15.9 Å². The van der Waals surface area contributed by atoms with E-state index in [4.69, 9.17) is 0 Å². The van der Waals surface area contributed by atoms with Crippen molar-refractivity contribution in [3.63, 3.8) is 0 Å². The number of carbonyl (C=O) groups excluding carboxylic acids is 1. The number of carboxylic acid groups (broad SMARTS) is 1. The lowest BCUT2D eigenvalue weighted by Gasteiger charge is -2.09. The van der Waals surface area contributed by atoms with Crippen LogP contribution in [-0.4, -0.2) is 26.7 Å². The van der Waals surface area contributed by atoms with Crippen molar-refractivity contribution < 1.29 is 24.2 Å². The van der Waals surface area contributed by atoms with Gasteiger partial charge in [-0.2, -0.15) is 0 Å². The maximum Gasteiger partial charge on any atom is 0.307 e. The Balaban J connectivity index is 2.30. The van der Waals surface area contributed by atoms with Crippen LogP contribution in [0.15, 0.2) is 40.9 Å². The quantitative estimate of drug-likeness (QED) is 0.645. The van der Waals surface area contributed by atoms with Crippen LogP contribution in [0.1, 0.15) is 40.2 Å². The third-order valence-corrected chi connectivity index (χ3v) is 5.05. The maximum atomic E-state index is 14.5. The zero-order valence-electron chi connectivity index (χ0n) is 14.7. The molecule has 1 heterocycles. The summed E-state index contributed by atoms with van der Waals surface area (Å²) in [6, 6.07) is 9.31. The van der Waals surface area contributed by atoms with E-state index in [2.05, 4.69) is 15.9 Å². The molecule has 0 aliphatic heterocycles. The van der Waals surface area contributed by atoms with Gasteiger partial charge in [-0.15, -0.1) is 0 Å². The van der Waals surface area contributed by atoms with E-state index in [-0.39, 0.29) is 23.4 Å². The molecule has 0 saturated heterocycles. The van der Waals surface area contributed by atoms with Gasteiger partial charge in [-0.05, 0) is 55.8 Å². The number of rotatable bonds is 4. The zero-order chi connectivity index (χ0) is 19.9. The molecule has 0 fully saturated rings. The molecule has 0 spiro atoms. The molecule has 0 amide bonds. The van der Waals surface area contributed by atoms with Crippen LogP contribution in [0.4, 0.5) is 4.39 Å². The standard InChI is InChI=1S/C20H17BrFNO4/c1-10-14(8-19(25)26)16-7-15(11(2)24)17(22)9-18(16)23(10)20(27)12-3-5-13(21)6-4-12/h3-7,9,11,24H,8H2,1-2H3,(H,25,26). The van der Waals surface area contributed by atoms with E-state index in [1.807, 2.05) is 0 Å². The molecular weight excluding hydrogens is 417 g/mol. The highest BCUT2D eigenvalue weighted by Crippen LogP contribution is 2.32. The molecule has 0 bridgehead atoms. The molecule has 0 saturated carbocycles. The highest BCUT2D eigenvalue weighted by molar-refractivity contribution is 9.10. The number of aliphatic hydroxyl groups is 1. The van der Waals surface area contributed by atoms with Crippen LogP contribution in [0.5, 0.6) is 0 Å². The first-order valence-electron chi connectivity index (χ1n) is 8.24. The number of hydrogen-bond acceptors (Lipinski definition) is 3. The zero-order valence-corrected chi connectivity index (χ0v) is 16.2. The number of aliphatic carboxylic acids is 1. The third kappa shape index (κ3) is 3.52. The summed E-state index contributed by atoms with van der Waals surface area (Å²) < 4.78 is 16.6. The van der Waals surface area contributed by atoms with Gasteiger partial charge in [0.1, 0.15) is 5.82 Å². The van der Waals surface area contributed by atoms with E-state index in [1.165, 1.54) is 23.6 Å². The SMILES string of the molecule is Cc1c(CC(=O)O)c2cc(C(C)O)c(F)cc2n1C(=O)c1ccc(Br)cc1. The molecule has 2 N–H and O–H groups in total. The topological polar surface area (TPSA) is 79.5 Å². The van der Waals surface area contributed by atoms with Crippen molar-refractivity contribution in [2.24, 2.45) is 0 Å². The molecule has 2 aromatic carbocycles. The third-order valence-electron chi connectivity index (χ3n) is 4.53. The highest BCUT2D eigenvalue weighted by atomic mass is 79.9. The second kappa shape index (κ2) is 7.25. The van der Waals surface area contributed by atoms with Gasteiger partial charge in [0, 0.05) is 26.7 Å². The second-order valence-electron chi connectivity index (χ2n) is 6.35. The Hall–Kier alpha value is -2.51. The van der Waals surface area contributed by atoms with Gasteiger partial charge < -0.3 is 10.2 Å². The Morgan fingerprint density at radius 2 is 1.85 bits per heavy atom. The molecule has 1 unspecified atom stereocenters. The van der Waals surface area contributed by atoms with Crippen molar-refractivity contribution in [1.29, 1.82) is 0 Å². The van der Waals surface area contributed by atoms with Crippen molar-refractivity contribution in [3.8, 4) is 0 Å². The molecule has 3 rings (SSSR count). The average Bonchev–Trinajstić information content (AvgIpc) is 2.84. The van der Waals surface area contributed by atoms with Crippen molar-refractivity contribution >= 4 is 38.7 Å². The lowest BCUT2D eigenvalue weighted by atomic mass is 10.0. The maximum absolute atomic E-state index is 14.5. The first-order chi connectivity index (χ1) is 12.7. The van der Waals surface area contributed by atoms with E-state index < -0.39 is 17.9 Å². The van der Waals surface area contributed by atoms with Crippen LogP contribution < -0.4 is 0 Å². The first-order valence-corrected chi connectivity index (χ1v) is 9.03. The van der Waals surface area contributed by atoms with Gasteiger partial charge in [0.05, 0.1) is 18.0 Å². The number of fused-ring (bicyclic) bond motifs is 1. The number of aliphatic hydroxyl groups excluding tert-OH is 1.